The van der Waals surface area contributed by atoms with Crippen LogP contribution in [0.1, 0.15) is 120 Å². The molecule has 5 heterocycles. The number of aliphatic hydroxyl groups excluding tert-OH is 17. The molecule has 28 nitrogen and oxygen atoms in total. The highest BCUT2D eigenvalue weighted by Crippen LogP contribution is 2.75. The summed E-state index contributed by atoms with van der Waals surface area (Å²) in [5.74, 6) is 0.0641. The fourth-order valence-corrected chi connectivity index (χ4v) is 17.2. The molecule has 0 aromatic rings. The molecule has 0 spiro atoms. The topological polar surface area (TPSA) is 456 Å². The summed E-state index contributed by atoms with van der Waals surface area (Å²) in [5, 5.41) is 195. The Labute approximate surface area is 518 Å². The second kappa shape index (κ2) is 28.0. The molecule has 9 rings (SSSR count). The molecule has 0 radical (unpaired) electrons. The zero-order chi connectivity index (χ0) is 65.4. The van der Waals surface area contributed by atoms with Gasteiger partial charge >= 0.3 is 0 Å². The molecule has 0 aromatic heterocycles. The first kappa shape index (κ1) is 71.9. The van der Waals surface area contributed by atoms with Crippen molar-refractivity contribution in [1.29, 1.82) is 0 Å². The van der Waals surface area contributed by atoms with Gasteiger partial charge in [-0.1, -0.05) is 53.2 Å². The molecule has 0 bridgehead atoms. The fraction of sp³-hybridized carbons (Fsp3) is 0.967. The van der Waals surface area contributed by atoms with Gasteiger partial charge in [0.2, 0.25) is 0 Å². The first-order chi connectivity index (χ1) is 41.7. The largest absolute Gasteiger partial charge is 0.396 e. The smallest absolute Gasteiger partial charge is 0.187 e. The normalized spacial score (nSPS) is 50.9. The maximum atomic E-state index is 12.9. The average molecular weight is 1290 g/mol. The lowest BCUT2D eigenvalue weighted by Gasteiger charge is -2.67. The van der Waals surface area contributed by atoms with Gasteiger partial charge in [-0.05, 0) is 106 Å². The van der Waals surface area contributed by atoms with Crippen LogP contribution in [-0.2, 0) is 47.4 Å². The summed E-state index contributed by atoms with van der Waals surface area (Å²) in [5.41, 5.74) is -2.37. The van der Waals surface area contributed by atoms with Crippen molar-refractivity contribution in [3.63, 3.8) is 0 Å². The maximum Gasteiger partial charge on any atom is 0.187 e. The minimum atomic E-state index is -1.89. The second-order valence-electron chi connectivity index (χ2n) is 29.0. The van der Waals surface area contributed by atoms with Gasteiger partial charge in [-0.3, -0.25) is 0 Å². The van der Waals surface area contributed by atoms with Gasteiger partial charge in [0.25, 0.3) is 0 Å². The Hall–Kier alpha value is -1.38. The Kier molecular flexibility index (Phi) is 22.6. The van der Waals surface area contributed by atoms with E-state index >= 15 is 0 Å². The number of aliphatic hydroxyl groups is 18. The van der Waals surface area contributed by atoms with Crippen molar-refractivity contribution in [2.24, 2.45) is 45.3 Å². The van der Waals surface area contributed by atoms with Gasteiger partial charge < -0.3 is 139 Å². The standard InChI is InChI=1S/C61H104O28/c1-25(9-13-38(58(4,5)79)88-56-51(89-54-39(67)30(65)19-26(21-63)82-54)47(75)43(71)34(86-56)24-81-53-49(77)45(73)41(69)32(22-64)84-53)27-15-17-59(6)35-12-10-28-29(61(35,8)36(66)20-60(27,59)7)11-14-37(57(28,2)3)87-55-50(78)46(74)42(70)33(85-55)23-80-52-48(76)44(72)40(68)31(83-52)16-18-62/h10,25-27,29-56,62-79H,9,11-24H2,1-8H3/t25-,26+,27?,29?,30+,31-,32-,33-,34-,35?,36-,37+,38-,39-,40-,41-,42-,43-,44+,45+,46+,47+,48-,49-,50-,51-,52+,53+,54+,55+,56+,59+,60-,61+/m1/s1. The molecule has 5 saturated heterocycles. The lowest BCUT2D eigenvalue weighted by atomic mass is 9.38. The predicted octanol–water partition coefficient (Wildman–Crippen LogP) is -3.99. The van der Waals surface area contributed by atoms with Crippen molar-refractivity contribution < 1.29 is 139 Å². The van der Waals surface area contributed by atoms with Crippen molar-refractivity contribution in [2.75, 3.05) is 33.0 Å². The molecule has 34 atom stereocenters. The van der Waals surface area contributed by atoms with Gasteiger partial charge in [-0.2, -0.15) is 0 Å². The zero-order valence-electron chi connectivity index (χ0n) is 52.2. The van der Waals surface area contributed by atoms with E-state index in [0.717, 1.165) is 18.4 Å². The van der Waals surface area contributed by atoms with E-state index < -0.39 is 209 Å². The Morgan fingerprint density at radius 3 is 1.70 bits per heavy atom. The number of hydrogen-bond acceptors (Lipinski definition) is 28. The van der Waals surface area contributed by atoms with E-state index in [1.54, 1.807) is 0 Å². The molecule has 516 valence electrons. The van der Waals surface area contributed by atoms with Crippen LogP contribution in [-0.4, -0.2) is 296 Å². The number of fused-ring (bicyclic) bond motifs is 5. The Morgan fingerprint density at radius 2 is 1.11 bits per heavy atom. The SMILES string of the molecule is C[C@H](CC[C@@H](O[C@@H]1O[C@H](CO[C@H]2O[C@H](CO)[C@@H](O)[C@H](O)[C@H]2O)[C@@H](O)[C@H](O)[C@H]1O[C@@H]1O[C@H](CO)C[C@H](O)[C@H]1O)C(C)(C)O)C1CC[C@@]2(C)C3CC=C4C(CC[C@H](O[C@@H]5O[C@H](CO[C@H]6O[C@H](CCO)[C@@H](O)[C@H](O)[C@H]6O)[C@@H](O)[C@H](O)[C@H]5O)C4(C)C)[C@]3(C)[C@H](O)C[C@]12C. The summed E-state index contributed by atoms with van der Waals surface area (Å²) < 4.78 is 60.0. The summed E-state index contributed by atoms with van der Waals surface area (Å²) in [4.78, 5) is 0. The van der Waals surface area contributed by atoms with Crippen molar-refractivity contribution >= 4 is 0 Å². The first-order valence-electron chi connectivity index (χ1n) is 31.9. The van der Waals surface area contributed by atoms with E-state index in [2.05, 4.69) is 47.6 Å². The lowest BCUT2D eigenvalue weighted by molar-refractivity contribution is -0.374. The Morgan fingerprint density at radius 1 is 0.573 bits per heavy atom. The third-order valence-corrected chi connectivity index (χ3v) is 23.0. The number of hydrogen-bond donors (Lipinski definition) is 18. The minimum absolute atomic E-state index is 0.0105. The van der Waals surface area contributed by atoms with Gasteiger partial charge in [-0.25, -0.2) is 0 Å². The second-order valence-corrected chi connectivity index (χ2v) is 29.0. The molecule has 8 fully saturated rings. The van der Waals surface area contributed by atoms with Gasteiger partial charge in [-0.15, -0.1) is 0 Å². The molecule has 0 amide bonds. The van der Waals surface area contributed by atoms with Crippen molar-refractivity contribution in [1.82, 2.24) is 0 Å². The van der Waals surface area contributed by atoms with Crippen LogP contribution in [0.3, 0.4) is 0 Å². The maximum absolute atomic E-state index is 12.9. The Bertz CT molecular complexity index is 2330. The Balaban J connectivity index is 0.877. The number of rotatable bonds is 21. The van der Waals surface area contributed by atoms with Gasteiger partial charge in [0.15, 0.2) is 31.5 Å². The molecule has 3 unspecified atom stereocenters. The highest BCUT2D eigenvalue weighted by Gasteiger charge is 2.70. The van der Waals surface area contributed by atoms with Crippen LogP contribution in [0, 0.1) is 45.3 Å². The zero-order valence-corrected chi connectivity index (χ0v) is 52.2. The fourth-order valence-electron chi connectivity index (χ4n) is 17.2. The third kappa shape index (κ3) is 13.5. The number of ether oxygens (including phenoxy) is 10. The van der Waals surface area contributed by atoms with E-state index in [9.17, 15) is 91.9 Å². The van der Waals surface area contributed by atoms with Crippen LogP contribution in [0.15, 0.2) is 11.6 Å². The molecular weight excluding hydrogens is 1180 g/mol. The first-order valence-corrected chi connectivity index (χ1v) is 31.9. The molecule has 9 aliphatic rings. The van der Waals surface area contributed by atoms with Crippen LogP contribution in [0.25, 0.3) is 0 Å². The van der Waals surface area contributed by atoms with Gasteiger partial charge in [0, 0.05) is 23.9 Å². The molecule has 3 saturated carbocycles. The molecule has 5 aliphatic heterocycles. The van der Waals surface area contributed by atoms with Crippen LogP contribution >= 0.6 is 0 Å². The van der Waals surface area contributed by atoms with Crippen LogP contribution < -0.4 is 0 Å². The van der Waals surface area contributed by atoms with Crippen LogP contribution in [0.2, 0.25) is 0 Å². The monoisotopic (exact) mass is 1280 g/mol. The summed E-state index contributed by atoms with van der Waals surface area (Å²) in [7, 11) is 0. The molecule has 18 N–H and O–H groups in total. The summed E-state index contributed by atoms with van der Waals surface area (Å²) in [6, 6.07) is 0. The summed E-state index contributed by atoms with van der Waals surface area (Å²) in [6.45, 7) is 13.4. The summed E-state index contributed by atoms with van der Waals surface area (Å²) >= 11 is 0. The van der Waals surface area contributed by atoms with Gasteiger partial charge in [0.05, 0.1) is 68.7 Å². The molecule has 0 aromatic carbocycles. The lowest BCUT2D eigenvalue weighted by Crippen LogP contribution is -2.65. The van der Waals surface area contributed by atoms with Crippen molar-refractivity contribution in [3.05, 3.63) is 11.6 Å². The van der Waals surface area contributed by atoms with E-state index in [-0.39, 0.29) is 60.4 Å². The predicted molar refractivity (Wildman–Crippen MR) is 303 cm³/mol. The van der Waals surface area contributed by atoms with Crippen LogP contribution in [0.5, 0.6) is 0 Å². The highest BCUT2D eigenvalue weighted by molar-refractivity contribution is 5.32. The summed E-state index contributed by atoms with van der Waals surface area (Å²) in [6.07, 6.45) is -33.2. The quantitative estimate of drug-likeness (QED) is 0.0487. The average Bonchev–Trinajstić information content (AvgIpc) is 1.67. The van der Waals surface area contributed by atoms with E-state index in [1.807, 2.05) is 0 Å². The molecule has 4 aliphatic carbocycles. The van der Waals surface area contributed by atoms with E-state index in [0.29, 0.717) is 32.1 Å². The molecule has 28 heteroatoms. The van der Waals surface area contributed by atoms with Crippen molar-refractivity contribution in [3.8, 4) is 0 Å². The third-order valence-electron chi connectivity index (χ3n) is 23.0. The number of allylic oxidation sites excluding steroid dienone is 1. The van der Waals surface area contributed by atoms with Gasteiger partial charge in [0.1, 0.15) is 97.7 Å². The molecular formula is C61H104O28. The van der Waals surface area contributed by atoms with E-state index in [1.165, 1.54) is 13.8 Å². The molecule has 89 heavy (non-hydrogen) atoms. The van der Waals surface area contributed by atoms with Crippen LogP contribution in [0.4, 0.5) is 0 Å². The highest BCUT2D eigenvalue weighted by atomic mass is 16.8. The minimum Gasteiger partial charge on any atom is -0.396 e. The van der Waals surface area contributed by atoms with E-state index in [4.69, 9.17) is 47.4 Å². The van der Waals surface area contributed by atoms with Crippen molar-refractivity contribution in [2.45, 2.75) is 291 Å².